The van der Waals surface area contributed by atoms with E-state index in [0.29, 0.717) is 11.0 Å². The average Bonchev–Trinajstić information content (AvgIpc) is 3.02. The van der Waals surface area contributed by atoms with Crippen LogP contribution in [-0.2, 0) is 6.54 Å². The zero-order valence-electron chi connectivity index (χ0n) is 10.8. The van der Waals surface area contributed by atoms with Gasteiger partial charge >= 0.3 is 0 Å². The Morgan fingerprint density at radius 3 is 2.58 bits per heavy atom. The molecule has 2 aromatic rings. The summed E-state index contributed by atoms with van der Waals surface area (Å²) in [5.41, 5.74) is 1.18. The Morgan fingerprint density at radius 1 is 1.05 bits per heavy atom. The second-order valence-electron chi connectivity index (χ2n) is 5.10. The number of likely N-dealkylation sites (tertiary alicyclic amines) is 1. The SMILES string of the molecule is Fc1cc2ncn(CCCN3CCCC3)c2cc1F. The number of imidazole rings is 1. The minimum absolute atomic E-state index is 0.514. The Balaban J connectivity index is 1.68. The smallest absolute Gasteiger partial charge is 0.161 e. The molecule has 0 aliphatic carbocycles. The molecule has 1 saturated heterocycles. The maximum atomic E-state index is 13.2. The number of hydrogen-bond donors (Lipinski definition) is 0. The van der Waals surface area contributed by atoms with Gasteiger partial charge in [0.2, 0.25) is 0 Å². The maximum Gasteiger partial charge on any atom is 0.161 e. The van der Waals surface area contributed by atoms with Crippen LogP contribution >= 0.6 is 0 Å². The highest BCUT2D eigenvalue weighted by atomic mass is 19.2. The fourth-order valence-corrected chi connectivity index (χ4v) is 2.70. The van der Waals surface area contributed by atoms with Crippen LogP contribution in [0, 0.1) is 11.6 Å². The molecule has 0 amide bonds. The molecule has 0 radical (unpaired) electrons. The van der Waals surface area contributed by atoms with Crippen LogP contribution in [-0.4, -0.2) is 34.1 Å². The molecule has 0 atom stereocenters. The van der Waals surface area contributed by atoms with E-state index in [1.54, 1.807) is 6.33 Å². The van der Waals surface area contributed by atoms with Crippen LogP contribution in [0.4, 0.5) is 8.78 Å². The lowest BCUT2D eigenvalue weighted by Gasteiger charge is -2.14. The molecule has 1 aliphatic heterocycles. The largest absolute Gasteiger partial charge is 0.330 e. The van der Waals surface area contributed by atoms with Gasteiger partial charge in [-0.3, -0.25) is 0 Å². The van der Waals surface area contributed by atoms with Crippen molar-refractivity contribution in [3.63, 3.8) is 0 Å². The third kappa shape index (κ3) is 2.61. The van der Waals surface area contributed by atoms with E-state index >= 15 is 0 Å². The summed E-state index contributed by atoms with van der Waals surface area (Å²) in [4.78, 5) is 6.56. The van der Waals surface area contributed by atoms with Crippen LogP contribution in [0.2, 0.25) is 0 Å². The third-order valence-electron chi connectivity index (χ3n) is 3.74. The van der Waals surface area contributed by atoms with Gasteiger partial charge in [-0.15, -0.1) is 0 Å². The van der Waals surface area contributed by atoms with Crippen LogP contribution in [0.1, 0.15) is 19.3 Å². The van der Waals surface area contributed by atoms with Crippen molar-refractivity contribution in [1.82, 2.24) is 14.5 Å². The van der Waals surface area contributed by atoms with Gasteiger partial charge in [0.1, 0.15) is 0 Å². The van der Waals surface area contributed by atoms with E-state index in [4.69, 9.17) is 0 Å². The molecule has 2 heterocycles. The molecule has 102 valence electrons. The number of aromatic nitrogens is 2. The molecular formula is C14H17F2N3. The first-order chi connectivity index (χ1) is 9.24. The van der Waals surface area contributed by atoms with Gasteiger partial charge in [-0.25, -0.2) is 13.8 Å². The molecule has 1 aliphatic rings. The van der Waals surface area contributed by atoms with Crippen molar-refractivity contribution in [2.75, 3.05) is 19.6 Å². The van der Waals surface area contributed by atoms with Crippen molar-refractivity contribution in [2.24, 2.45) is 0 Å². The fraction of sp³-hybridized carbons (Fsp3) is 0.500. The summed E-state index contributed by atoms with van der Waals surface area (Å²) in [6.07, 6.45) is 5.25. The molecule has 0 N–H and O–H groups in total. The first kappa shape index (κ1) is 12.5. The predicted octanol–water partition coefficient (Wildman–Crippen LogP) is 2.80. The highest BCUT2D eigenvalue weighted by molar-refractivity contribution is 5.75. The van der Waals surface area contributed by atoms with Crippen LogP contribution in [0.15, 0.2) is 18.5 Å². The van der Waals surface area contributed by atoms with E-state index in [2.05, 4.69) is 9.88 Å². The topological polar surface area (TPSA) is 21.1 Å². The van der Waals surface area contributed by atoms with Gasteiger partial charge in [0.05, 0.1) is 17.4 Å². The summed E-state index contributed by atoms with van der Waals surface area (Å²) in [5.74, 6) is -1.65. The summed E-state index contributed by atoms with van der Waals surface area (Å²) in [6.45, 7) is 4.22. The maximum absolute atomic E-state index is 13.2. The number of fused-ring (bicyclic) bond motifs is 1. The molecule has 3 rings (SSSR count). The lowest BCUT2D eigenvalue weighted by molar-refractivity contribution is 0.326. The van der Waals surface area contributed by atoms with Crippen LogP contribution in [0.25, 0.3) is 11.0 Å². The highest BCUT2D eigenvalue weighted by Crippen LogP contribution is 2.18. The average molecular weight is 265 g/mol. The first-order valence-corrected chi connectivity index (χ1v) is 6.76. The minimum Gasteiger partial charge on any atom is -0.330 e. The predicted molar refractivity (Wildman–Crippen MR) is 69.9 cm³/mol. The second kappa shape index (κ2) is 5.25. The Bertz CT molecular complexity index is 573. The van der Waals surface area contributed by atoms with Gasteiger partial charge in [-0.1, -0.05) is 0 Å². The van der Waals surface area contributed by atoms with Crippen molar-refractivity contribution in [3.05, 3.63) is 30.1 Å². The quantitative estimate of drug-likeness (QED) is 0.847. The van der Waals surface area contributed by atoms with E-state index in [0.717, 1.165) is 25.6 Å². The molecule has 5 heteroatoms. The Labute approximate surface area is 110 Å². The normalized spacial score (nSPS) is 16.5. The zero-order chi connectivity index (χ0) is 13.2. The number of nitrogens with zero attached hydrogens (tertiary/aromatic N) is 3. The molecule has 0 saturated carbocycles. The van der Waals surface area contributed by atoms with E-state index in [1.165, 1.54) is 32.0 Å². The van der Waals surface area contributed by atoms with Crippen LogP contribution in [0.5, 0.6) is 0 Å². The van der Waals surface area contributed by atoms with Gasteiger partial charge in [-0.05, 0) is 38.9 Å². The summed E-state index contributed by atoms with van der Waals surface area (Å²) >= 11 is 0. The molecule has 0 unspecified atom stereocenters. The summed E-state index contributed by atoms with van der Waals surface area (Å²) in [7, 11) is 0. The molecule has 3 nitrogen and oxygen atoms in total. The zero-order valence-corrected chi connectivity index (χ0v) is 10.8. The van der Waals surface area contributed by atoms with Crippen LogP contribution in [0.3, 0.4) is 0 Å². The first-order valence-electron chi connectivity index (χ1n) is 6.76. The third-order valence-corrected chi connectivity index (χ3v) is 3.74. The molecule has 0 bridgehead atoms. The molecule has 1 fully saturated rings. The molecule has 1 aromatic heterocycles. The highest BCUT2D eigenvalue weighted by Gasteiger charge is 2.12. The Hall–Kier alpha value is -1.49. The number of benzene rings is 1. The van der Waals surface area contributed by atoms with E-state index in [9.17, 15) is 8.78 Å². The van der Waals surface area contributed by atoms with Crippen LogP contribution < -0.4 is 0 Å². The van der Waals surface area contributed by atoms with Crippen molar-refractivity contribution in [3.8, 4) is 0 Å². The molecule has 1 aromatic carbocycles. The van der Waals surface area contributed by atoms with Gasteiger partial charge < -0.3 is 9.47 Å². The monoisotopic (exact) mass is 265 g/mol. The number of aryl methyl sites for hydroxylation is 1. The van der Waals surface area contributed by atoms with Crippen molar-refractivity contribution in [2.45, 2.75) is 25.8 Å². The van der Waals surface area contributed by atoms with Crippen molar-refractivity contribution >= 4 is 11.0 Å². The molecular weight excluding hydrogens is 248 g/mol. The van der Waals surface area contributed by atoms with E-state index in [-0.39, 0.29) is 0 Å². The van der Waals surface area contributed by atoms with Gasteiger partial charge in [0, 0.05) is 18.7 Å². The Kier molecular flexibility index (Phi) is 3.46. The lowest BCUT2D eigenvalue weighted by Crippen LogP contribution is -2.21. The van der Waals surface area contributed by atoms with Gasteiger partial charge in [0.25, 0.3) is 0 Å². The number of hydrogen-bond acceptors (Lipinski definition) is 2. The van der Waals surface area contributed by atoms with Gasteiger partial charge in [-0.2, -0.15) is 0 Å². The minimum atomic E-state index is -0.838. The van der Waals surface area contributed by atoms with Crippen molar-refractivity contribution < 1.29 is 8.78 Å². The van der Waals surface area contributed by atoms with Crippen molar-refractivity contribution in [1.29, 1.82) is 0 Å². The lowest BCUT2D eigenvalue weighted by atomic mass is 10.3. The summed E-state index contributed by atoms with van der Waals surface area (Å²) in [6, 6.07) is 2.38. The standard InChI is InChI=1S/C14H17F2N3/c15-11-8-13-14(9-12(11)16)19(10-17-13)7-3-6-18-4-1-2-5-18/h8-10H,1-7H2. The molecule has 0 spiro atoms. The van der Waals surface area contributed by atoms with E-state index in [1.807, 2.05) is 4.57 Å². The Morgan fingerprint density at radius 2 is 1.79 bits per heavy atom. The molecule has 19 heavy (non-hydrogen) atoms. The number of rotatable bonds is 4. The summed E-state index contributed by atoms with van der Waals surface area (Å²) < 4.78 is 28.2. The second-order valence-corrected chi connectivity index (χ2v) is 5.10. The fourth-order valence-electron chi connectivity index (χ4n) is 2.70. The van der Waals surface area contributed by atoms with Gasteiger partial charge in [0.15, 0.2) is 11.6 Å². The number of halogens is 2. The van der Waals surface area contributed by atoms with E-state index < -0.39 is 11.6 Å². The summed E-state index contributed by atoms with van der Waals surface area (Å²) in [5, 5.41) is 0.